The molecule has 24 N–H and O–H groups in total. The number of carboxylic acids is 3. The molecule has 4 amide bonds. The second-order valence-electron chi connectivity index (χ2n) is 35.3. The monoisotopic (exact) mass is 1850 g/mol. The number of ether oxygens (including phenoxy) is 10. The van der Waals surface area contributed by atoms with Crippen molar-refractivity contribution in [3.05, 3.63) is 0 Å². The van der Waals surface area contributed by atoms with Crippen LogP contribution in [0.15, 0.2) is 0 Å². The molecule has 5 aliphatic heterocycles. The van der Waals surface area contributed by atoms with Gasteiger partial charge >= 0.3 is 17.9 Å². The van der Waals surface area contributed by atoms with Gasteiger partial charge in [-0.15, -0.1) is 0 Å². The molecule has 5 aliphatic rings. The molecule has 0 bridgehead atoms. The summed E-state index contributed by atoms with van der Waals surface area (Å²) in [6, 6.07) is -6.93. The number of carbonyl (C=O) groups excluding carboxylic acids is 4. The Kier molecular flexibility index (Phi) is 52.6. The first kappa shape index (κ1) is 114. The maximum absolute atomic E-state index is 13.8. The van der Waals surface area contributed by atoms with Gasteiger partial charge in [-0.2, -0.15) is 0 Å². The predicted molar refractivity (Wildman–Crippen MR) is 452 cm³/mol. The van der Waals surface area contributed by atoms with Gasteiger partial charge < -0.3 is 171 Å². The average molecular weight is 1850 g/mol. The van der Waals surface area contributed by atoms with Gasteiger partial charge in [-0.05, 0) is 12.8 Å². The highest BCUT2D eigenvalue weighted by atomic mass is 16.8. The number of carboxylic acid groups (broad SMARTS) is 3. The molecule has 0 aromatic carbocycles. The molecule has 5 saturated heterocycles. The number of hydrogen-bond donors (Lipinski definition) is 24. The van der Waals surface area contributed by atoms with E-state index in [9.17, 15) is 136 Å². The Hall–Kier alpha value is -4.79. The van der Waals surface area contributed by atoms with E-state index in [4.69, 9.17) is 47.4 Å². The molecule has 746 valence electrons. The zero-order valence-electron chi connectivity index (χ0n) is 75.3. The van der Waals surface area contributed by atoms with Crippen LogP contribution in [-0.4, -0.2) is 366 Å². The summed E-state index contributed by atoms with van der Waals surface area (Å²) in [6.07, 6.45) is -15.8. The molecule has 5 fully saturated rings. The standard InChI is InChI=1S/C87H156N4O37/c1-6-8-10-12-14-16-18-20-21-22-23-24-25-26-27-29-31-33-35-37-39-41-64(105)91-54(55(100)40-38-36-34-32-30-28-19-17-15-13-11-9-7-2)50-119-80-73(111)72(110)75(63(49-96)121-80)122-81-74(112)79(69(107)60(46-93)120-81)128-87(84(117)118)44-58(103)67(90-53(5)99)78(127-87)71(109)62(48-95)124-86(83(115)116)43-57(102)66(89-52(4)98)77(126-86)70(108)61(47-94)123-85(82(113)114)42-56(101)65(88-51(3)97)76(125-85)68(106)59(104)45-92/h54-63,65-81,92-96,100-104,106-112H,6-50H2,1-5H3,(H,88,97)(H,89,98)(H,90,99)(H,91,105)(H,113,114)(H,115,116)(H,117,118)/t54-,55+,56-,57-,58-,59+,60+,61+,62+,63+,65+,66+,67+,68+,69-,70+,71+,72+,73+,74+,75+,76?,77?,78?,79-,80+,81-,85+,86+,87-/m0/s1. The number of carbonyl (C=O) groups is 7. The maximum atomic E-state index is 13.8. The van der Waals surface area contributed by atoms with Crippen LogP contribution in [0.1, 0.15) is 285 Å². The Morgan fingerprint density at radius 2 is 0.734 bits per heavy atom. The Bertz CT molecular complexity index is 3160. The van der Waals surface area contributed by atoms with Crippen molar-refractivity contribution in [2.75, 3.05) is 39.6 Å². The van der Waals surface area contributed by atoms with Gasteiger partial charge in [0, 0.05) is 46.5 Å². The first-order valence-corrected chi connectivity index (χ1v) is 46.7. The van der Waals surface area contributed by atoms with Crippen LogP contribution in [0.4, 0.5) is 0 Å². The lowest BCUT2D eigenvalue weighted by molar-refractivity contribution is -0.388. The fraction of sp³-hybridized carbons (Fsp3) is 0.920. The average Bonchev–Trinajstić information content (AvgIpc) is 0.748. The van der Waals surface area contributed by atoms with Crippen molar-refractivity contribution in [2.24, 2.45) is 0 Å². The Balaban J connectivity index is 1.31. The van der Waals surface area contributed by atoms with Crippen molar-refractivity contribution in [3.63, 3.8) is 0 Å². The Labute approximate surface area is 749 Å². The number of aliphatic hydroxyl groups is 17. The molecule has 41 nitrogen and oxygen atoms in total. The van der Waals surface area contributed by atoms with Crippen LogP contribution >= 0.6 is 0 Å². The highest BCUT2D eigenvalue weighted by Crippen LogP contribution is 2.43. The minimum absolute atomic E-state index is 0.147. The summed E-state index contributed by atoms with van der Waals surface area (Å²) < 4.78 is 58.4. The van der Waals surface area contributed by atoms with E-state index >= 15 is 0 Å². The van der Waals surface area contributed by atoms with Gasteiger partial charge in [0.2, 0.25) is 23.6 Å². The van der Waals surface area contributed by atoms with Crippen LogP contribution in [0.2, 0.25) is 0 Å². The zero-order valence-corrected chi connectivity index (χ0v) is 75.3. The minimum atomic E-state index is -3.57. The molecule has 5 heterocycles. The summed E-state index contributed by atoms with van der Waals surface area (Å²) in [5.74, 6) is -20.5. The molecule has 41 heteroatoms. The third-order valence-electron chi connectivity index (χ3n) is 24.8. The smallest absolute Gasteiger partial charge is 0.364 e. The van der Waals surface area contributed by atoms with Crippen molar-refractivity contribution < 1.29 is 183 Å². The van der Waals surface area contributed by atoms with E-state index in [1.807, 2.05) is 0 Å². The quantitative estimate of drug-likeness (QED) is 0.0359. The van der Waals surface area contributed by atoms with Crippen molar-refractivity contribution in [3.8, 4) is 0 Å². The van der Waals surface area contributed by atoms with Crippen molar-refractivity contribution >= 4 is 41.5 Å². The lowest BCUT2D eigenvalue weighted by atomic mass is 9.86. The second kappa shape index (κ2) is 59.2. The van der Waals surface area contributed by atoms with E-state index in [1.165, 1.54) is 141 Å². The molecule has 30 atom stereocenters. The van der Waals surface area contributed by atoms with Gasteiger partial charge in [0.15, 0.2) is 12.6 Å². The molecular weight excluding hydrogens is 1690 g/mol. The lowest BCUT2D eigenvalue weighted by Gasteiger charge is -2.51. The van der Waals surface area contributed by atoms with Gasteiger partial charge in [-0.25, -0.2) is 14.4 Å². The summed E-state index contributed by atoms with van der Waals surface area (Å²) in [5, 5.41) is 235. The van der Waals surface area contributed by atoms with Gasteiger partial charge in [-0.1, -0.05) is 226 Å². The SMILES string of the molecule is CCCCCCCCCCCCCCCCCCCCCCCC(=O)N[C@@H](CO[C@@H]1O[C@H](CO)[C@@H](O[C@@H]2O[C@H](CO)[C@H](O)[C@H](O[C@]3(C(=O)O)C[C@H](O)[C@@H](NC(C)=O)C([C@H](O)[C@@H](CO)O[C@]4(C(=O)O)C[C@H](O)[C@@H](NC(C)=O)C([C@H](O)[C@@H](CO)O[C@]5(C(=O)O)C[C@H](O)[C@@H](NC(C)=O)C([C@H](O)[C@H](O)CO)O5)O4)O3)[C@H]2O)[C@H](O)[C@H]1O)[C@H](O)CCCCCCCCCCCCCCC. The third-order valence-corrected chi connectivity index (χ3v) is 24.8. The van der Waals surface area contributed by atoms with E-state index in [2.05, 4.69) is 35.1 Å². The molecule has 0 aliphatic carbocycles. The highest BCUT2D eigenvalue weighted by Gasteiger charge is 2.64. The van der Waals surface area contributed by atoms with Crippen LogP contribution < -0.4 is 21.3 Å². The van der Waals surface area contributed by atoms with E-state index < -0.39 is 277 Å². The maximum Gasteiger partial charge on any atom is 0.364 e. The number of amides is 4. The van der Waals surface area contributed by atoms with Crippen molar-refractivity contribution in [1.29, 1.82) is 0 Å². The van der Waals surface area contributed by atoms with Crippen LogP contribution in [0, 0.1) is 0 Å². The number of hydrogen-bond acceptors (Lipinski definition) is 34. The molecule has 3 unspecified atom stereocenters. The fourth-order valence-electron chi connectivity index (χ4n) is 17.5. The topological polar surface area (TPSA) is 665 Å². The number of unbranched alkanes of at least 4 members (excludes halogenated alkanes) is 32. The van der Waals surface area contributed by atoms with Crippen LogP contribution in [0.3, 0.4) is 0 Å². The molecule has 128 heavy (non-hydrogen) atoms. The highest BCUT2D eigenvalue weighted by molar-refractivity contribution is 5.79. The largest absolute Gasteiger partial charge is 0.477 e. The van der Waals surface area contributed by atoms with E-state index in [0.717, 1.165) is 85.0 Å². The van der Waals surface area contributed by atoms with E-state index in [0.29, 0.717) is 12.8 Å². The van der Waals surface area contributed by atoms with Gasteiger partial charge in [0.25, 0.3) is 17.4 Å². The van der Waals surface area contributed by atoms with Gasteiger partial charge in [0.1, 0.15) is 104 Å². The third kappa shape index (κ3) is 35.2. The van der Waals surface area contributed by atoms with E-state index in [-0.39, 0.29) is 18.7 Å². The summed E-state index contributed by atoms with van der Waals surface area (Å²) in [7, 11) is 0. The molecule has 5 rings (SSSR count). The first-order chi connectivity index (χ1) is 61.0. The summed E-state index contributed by atoms with van der Waals surface area (Å²) in [5.41, 5.74) is 0. The molecule has 0 radical (unpaired) electrons. The van der Waals surface area contributed by atoms with Crippen LogP contribution in [-0.2, 0) is 80.9 Å². The number of rotatable bonds is 66. The summed E-state index contributed by atoms with van der Waals surface area (Å²) >= 11 is 0. The molecule has 0 aromatic rings. The summed E-state index contributed by atoms with van der Waals surface area (Å²) in [6.45, 7) is 0.0380. The fourth-order valence-corrected chi connectivity index (χ4v) is 17.5. The predicted octanol–water partition coefficient (Wildman–Crippen LogP) is 0.0776. The second-order valence-corrected chi connectivity index (χ2v) is 35.3. The number of aliphatic hydroxyl groups excluding tert-OH is 17. The number of nitrogens with one attached hydrogen (secondary N) is 4. The van der Waals surface area contributed by atoms with Crippen LogP contribution in [0.25, 0.3) is 0 Å². The molecule has 0 saturated carbocycles. The molecule has 0 spiro atoms. The Morgan fingerprint density at radius 3 is 1.09 bits per heavy atom. The van der Waals surface area contributed by atoms with Crippen molar-refractivity contribution in [1.82, 2.24) is 21.3 Å². The normalized spacial score (nSPS) is 31.7. The van der Waals surface area contributed by atoms with Gasteiger partial charge in [-0.3, -0.25) is 19.2 Å². The molecule has 0 aromatic heterocycles. The zero-order chi connectivity index (χ0) is 94.8. The van der Waals surface area contributed by atoms with E-state index in [1.54, 1.807) is 0 Å². The molecular formula is C87H156N4O37. The van der Waals surface area contributed by atoms with Gasteiger partial charge in [0.05, 0.1) is 88.2 Å². The van der Waals surface area contributed by atoms with Crippen molar-refractivity contribution in [2.45, 2.75) is 467 Å². The Morgan fingerprint density at radius 1 is 0.391 bits per heavy atom. The van der Waals surface area contributed by atoms with Crippen LogP contribution in [0.5, 0.6) is 0 Å². The number of aliphatic carboxylic acids is 3. The minimum Gasteiger partial charge on any atom is -0.477 e. The first-order valence-electron chi connectivity index (χ1n) is 46.7. The lowest BCUT2D eigenvalue weighted by Crippen LogP contribution is -2.72. The summed E-state index contributed by atoms with van der Waals surface area (Å²) in [4.78, 5) is 92.3.